The molecule has 0 saturated heterocycles. The van der Waals surface area contributed by atoms with Crippen molar-refractivity contribution < 1.29 is 9.21 Å². The number of thioether (sulfide) groups is 1. The fraction of sp³-hybridized carbons (Fsp3) is 0.176. The number of halogens is 1. The Labute approximate surface area is 167 Å². The molecule has 1 aromatic carbocycles. The Balaban J connectivity index is 1.47. The average molecular weight is 420 g/mol. The van der Waals surface area contributed by atoms with E-state index in [0.29, 0.717) is 26.9 Å². The van der Waals surface area contributed by atoms with Crippen molar-refractivity contribution in [3.8, 4) is 11.6 Å². The van der Waals surface area contributed by atoms with Crippen molar-refractivity contribution >= 4 is 56.7 Å². The molecule has 7 nitrogen and oxygen atoms in total. The Morgan fingerprint density at radius 3 is 3.00 bits per heavy atom. The molecule has 4 rings (SSSR count). The van der Waals surface area contributed by atoms with Gasteiger partial charge in [-0.1, -0.05) is 23.4 Å². The number of hydrogen-bond donors (Lipinski definition) is 1. The van der Waals surface area contributed by atoms with Crippen molar-refractivity contribution in [2.24, 2.45) is 7.05 Å². The predicted molar refractivity (Wildman–Crippen MR) is 107 cm³/mol. The molecule has 10 heteroatoms. The third-order valence-corrected chi connectivity index (χ3v) is 5.86. The highest BCUT2D eigenvalue weighted by Gasteiger charge is 2.17. The smallest absolute Gasteiger partial charge is 0.236 e. The van der Waals surface area contributed by atoms with E-state index in [1.807, 2.05) is 37.6 Å². The molecular weight excluding hydrogens is 406 g/mol. The number of benzene rings is 1. The van der Waals surface area contributed by atoms with Crippen LogP contribution in [0.4, 0.5) is 5.13 Å². The highest BCUT2D eigenvalue weighted by Crippen LogP contribution is 2.30. The number of carbonyl (C=O) groups excluding carboxylic acids is 1. The number of carbonyl (C=O) groups is 1. The number of hydrogen-bond acceptors (Lipinski definition) is 7. The lowest BCUT2D eigenvalue weighted by Crippen LogP contribution is -2.14. The van der Waals surface area contributed by atoms with E-state index < -0.39 is 0 Å². The maximum atomic E-state index is 12.1. The number of furan rings is 1. The van der Waals surface area contributed by atoms with Crippen molar-refractivity contribution in [3.05, 3.63) is 40.4 Å². The molecule has 0 saturated carbocycles. The highest BCUT2D eigenvalue weighted by atomic mass is 35.5. The number of thiazole rings is 1. The number of fused-ring (bicyclic) bond motifs is 1. The SMILES string of the molecule is Cc1csc(NC(=O)CSc2nnc(-c3cc4cc(Cl)ccc4o3)n2C)n1. The van der Waals surface area contributed by atoms with Gasteiger partial charge in [0.15, 0.2) is 21.9 Å². The first kappa shape index (κ1) is 18.0. The maximum absolute atomic E-state index is 12.1. The summed E-state index contributed by atoms with van der Waals surface area (Å²) < 4.78 is 7.63. The molecule has 0 aliphatic carbocycles. The Morgan fingerprint density at radius 2 is 2.22 bits per heavy atom. The summed E-state index contributed by atoms with van der Waals surface area (Å²) in [6.07, 6.45) is 0. The zero-order valence-electron chi connectivity index (χ0n) is 14.4. The van der Waals surface area contributed by atoms with Gasteiger partial charge >= 0.3 is 0 Å². The molecule has 0 atom stereocenters. The molecule has 3 heterocycles. The zero-order chi connectivity index (χ0) is 19.0. The standard InChI is InChI=1S/C17H14ClN5O2S2/c1-9-7-26-16(19-9)20-14(24)8-27-17-22-21-15(23(17)2)13-6-10-5-11(18)3-4-12(10)25-13/h3-7H,8H2,1-2H3,(H,19,20,24). The molecule has 4 aromatic rings. The molecule has 1 amide bonds. The minimum atomic E-state index is -0.141. The minimum Gasteiger partial charge on any atom is -0.453 e. The van der Waals surface area contributed by atoms with Crippen LogP contribution in [0.5, 0.6) is 0 Å². The van der Waals surface area contributed by atoms with Crippen LogP contribution >= 0.6 is 34.7 Å². The Bertz CT molecular complexity index is 1130. The van der Waals surface area contributed by atoms with Gasteiger partial charge in [0.1, 0.15) is 5.58 Å². The normalized spacial score (nSPS) is 11.2. The second-order valence-electron chi connectivity index (χ2n) is 5.79. The van der Waals surface area contributed by atoms with Crippen LogP contribution in [-0.2, 0) is 11.8 Å². The van der Waals surface area contributed by atoms with Crippen molar-refractivity contribution in [3.63, 3.8) is 0 Å². The molecule has 27 heavy (non-hydrogen) atoms. The van der Waals surface area contributed by atoms with E-state index in [-0.39, 0.29) is 11.7 Å². The van der Waals surface area contributed by atoms with E-state index in [9.17, 15) is 4.79 Å². The van der Waals surface area contributed by atoms with Gasteiger partial charge in [0, 0.05) is 22.8 Å². The molecule has 0 aliphatic rings. The Kier molecular flexibility index (Phi) is 4.90. The van der Waals surface area contributed by atoms with Crippen molar-refractivity contribution in [1.82, 2.24) is 19.7 Å². The van der Waals surface area contributed by atoms with Crippen LogP contribution in [0.3, 0.4) is 0 Å². The summed E-state index contributed by atoms with van der Waals surface area (Å²) in [7, 11) is 1.83. The van der Waals surface area contributed by atoms with E-state index in [1.54, 1.807) is 10.6 Å². The summed E-state index contributed by atoms with van der Waals surface area (Å²) in [6, 6.07) is 7.30. The third-order valence-electron chi connectivity index (χ3n) is 3.73. The summed E-state index contributed by atoms with van der Waals surface area (Å²) >= 11 is 8.72. The lowest BCUT2D eigenvalue weighted by molar-refractivity contribution is -0.113. The molecular formula is C17H14ClN5O2S2. The van der Waals surface area contributed by atoms with Gasteiger partial charge in [-0.05, 0) is 31.2 Å². The van der Waals surface area contributed by atoms with Gasteiger partial charge in [-0.2, -0.15) is 0 Å². The Hall–Kier alpha value is -2.36. The number of rotatable bonds is 5. The van der Waals surface area contributed by atoms with Gasteiger partial charge in [0.2, 0.25) is 5.91 Å². The molecule has 0 unspecified atom stereocenters. The van der Waals surface area contributed by atoms with E-state index >= 15 is 0 Å². The van der Waals surface area contributed by atoms with Crippen LogP contribution in [0.25, 0.3) is 22.6 Å². The second kappa shape index (κ2) is 7.34. The van der Waals surface area contributed by atoms with Gasteiger partial charge in [0.05, 0.1) is 11.4 Å². The van der Waals surface area contributed by atoms with Gasteiger partial charge < -0.3 is 14.3 Å². The topological polar surface area (TPSA) is 85.8 Å². The van der Waals surface area contributed by atoms with Gasteiger partial charge in [0.25, 0.3) is 0 Å². The highest BCUT2D eigenvalue weighted by molar-refractivity contribution is 7.99. The number of amides is 1. The van der Waals surface area contributed by atoms with Crippen LogP contribution in [0.15, 0.2) is 39.2 Å². The molecule has 3 aromatic heterocycles. The van der Waals surface area contributed by atoms with Crippen LogP contribution in [0.2, 0.25) is 5.02 Å². The first-order valence-corrected chi connectivity index (χ1v) is 10.2. The molecule has 0 fully saturated rings. The van der Waals surface area contributed by atoms with E-state index in [1.165, 1.54) is 23.1 Å². The van der Waals surface area contributed by atoms with Crippen LogP contribution in [0, 0.1) is 6.92 Å². The summed E-state index contributed by atoms with van der Waals surface area (Å²) in [5.41, 5.74) is 1.61. The molecule has 0 bridgehead atoms. The third kappa shape index (κ3) is 3.85. The Morgan fingerprint density at radius 1 is 1.37 bits per heavy atom. The van der Waals surface area contributed by atoms with Crippen molar-refractivity contribution in [2.45, 2.75) is 12.1 Å². The van der Waals surface area contributed by atoms with Gasteiger partial charge in [-0.3, -0.25) is 4.79 Å². The predicted octanol–water partition coefficient (Wildman–Crippen LogP) is 4.38. The van der Waals surface area contributed by atoms with E-state index in [0.717, 1.165) is 16.7 Å². The molecule has 0 aliphatic heterocycles. The van der Waals surface area contributed by atoms with E-state index in [2.05, 4.69) is 20.5 Å². The average Bonchev–Trinajstić information content (AvgIpc) is 3.31. The van der Waals surface area contributed by atoms with Gasteiger partial charge in [-0.15, -0.1) is 21.5 Å². The summed E-state index contributed by atoms with van der Waals surface area (Å²) in [4.78, 5) is 16.3. The van der Waals surface area contributed by atoms with E-state index in [4.69, 9.17) is 16.0 Å². The fourth-order valence-electron chi connectivity index (χ4n) is 2.48. The second-order valence-corrected chi connectivity index (χ2v) is 8.03. The zero-order valence-corrected chi connectivity index (χ0v) is 16.8. The number of nitrogens with zero attached hydrogens (tertiary/aromatic N) is 4. The van der Waals surface area contributed by atoms with Gasteiger partial charge in [-0.25, -0.2) is 4.98 Å². The monoisotopic (exact) mass is 419 g/mol. The summed E-state index contributed by atoms with van der Waals surface area (Å²) in [5.74, 6) is 1.25. The summed E-state index contributed by atoms with van der Waals surface area (Å²) in [5, 5.41) is 15.8. The number of anilines is 1. The lowest BCUT2D eigenvalue weighted by Gasteiger charge is -2.02. The largest absolute Gasteiger partial charge is 0.453 e. The van der Waals surface area contributed by atoms with Crippen LogP contribution in [0.1, 0.15) is 5.69 Å². The first-order valence-electron chi connectivity index (χ1n) is 7.93. The number of aryl methyl sites for hydroxylation is 1. The number of nitrogens with one attached hydrogen (secondary N) is 1. The van der Waals surface area contributed by atoms with Crippen molar-refractivity contribution in [2.75, 3.05) is 11.1 Å². The fourth-order valence-corrected chi connectivity index (χ4v) is 4.07. The lowest BCUT2D eigenvalue weighted by atomic mass is 10.2. The van der Waals surface area contributed by atoms with Crippen LogP contribution in [-0.4, -0.2) is 31.4 Å². The minimum absolute atomic E-state index is 0.141. The first-order chi connectivity index (χ1) is 13.0. The van der Waals surface area contributed by atoms with Crippen LogP contribution < -0.4 is 5.32 Å². The quantitative estimate of drug-likeness (QED) is 0.483. The molecule has 0 spiro atoms. The summed E-state index contributed by atoms with van der Waals surface area (Å²) in [6.45, 7) is 1.88. The molecule has 1 N–H and O–H groups in total. The van der Waals surface area contributed by atoms with Crippen molar-refractivity contribution in [1.29, 1.82) is 0 Å². The molecule has 138 valence electrons. The maximum Gasteiger partial charge on any atom is 0.236 e. The number of aromatic nitrogens is 4. The molecule has 0 radical (unpaired) electrons.